The van der Waals surface area contributed by atoms with Crippen LogP contribution in [0.3, 0.4) is 0 Å². The molecule has 0 bridgehead atoms. The standard InChI is InChI=1S/C24H26N4O3/c29-22(11-10-17-15-27-21-9-5-4-8-20(17)21)25-12-13-26-24(31)18-14-23(30)28(16-18)19-6-2-1-3-7-19/h1-9,15,18,27H,10-14,16H2,(H,25,29)(H,26,31). The number of anilines is 1. The first-order chi connectivity index (χ1) is 15.1. The van der Waals surface area contributed by atoms with Gasteiger partial charge in [-0.25, -0.2) is 0 Å². The van der Waals surface area contributed by atoms with Crippen molar-refractivity contribution >= 4 is 34.3 Å². The number of fused-ring (bicyclic) bond motifs is 1. The molecule has 160 valence electrons. The Morgan fingerprint density at radius 1 is 1.00 bits per heavy atom. The highest BCUT2D eigenvalue weighted by molar-refractivity contribution is 6.00. The summed E-state index contributed by atoms with van der Waals surface area (Å²) in [5.74, 6) is -0.618. The average molecular weight is 418 g/mol. The van der Waals surface area contributed by atoms with Crippen molar-refractivity contribution < 1.29 is 14.4 Å². The Balaban J connectivity index is 1.16. The van der Waals surface area contributed by atoms with Crippen LogP contribution in [0.2, 0.25) is 0 Å². The van der Waals surface area contributed by atoms with Crippen molar-refractivity contribution in [2.24, 2.45) is 5.92 Å². The largest absolute Gasteiger partial charge is 0.361 e. The molecule has 0 spiro atoms. The summed E-state index contributed by atoms with van der Waals surface area (Å²) in [5, 5.41) is 6.81. The molecule has 0 radical (unpaired) electrons. The van der Waals surface area contributed by atoms with E-state index in [2.05, 4.69) is 15.6 Å². The van der Waals surface area contributed by atoms with Crippen molar-refractivity contribution in [2.45, 2.75) is 19.3 Å². The molecule has 3 N–H and O–H groups in total. The third-order valence-electron chi connectivity index (χ3n) is 5.61. The number of carbonyl (C=O) groups excluding carboxylic acids is 3. The van der Waals surface area contributed by atoms with Gasteiger partial charge in [0.15, 0.2) is 0 Å². The van der Waals surface area contributed by atoms with Crippen LogP contribution >= 0.6 is 0 Å². The van der Waals surface area contributed by atoms with Crippen molar-refractivity contribution in [2.75, 3.05) is 24.5 Å². The van der Waals surface area contributed by atoms with Crippen LogP contribution in [0.5, 0.6) is 0 Å². The fourth-order valence-electron chi connectivity index (χ4n) is 3.95. The van der Waals surface area contributed by atoms with Gasteiger partial charge in [-0.15, -0.1) is 0 Å². The van der Waals surface area contributed by atoms with E-state index in [1.807, 2.05) is 60.8 Å². The molecule has 1 aliphatic heterocycles. The normalized spacial score (nSPS) is 15.9. The predicted octanol–water partition coefficient (Wildman–Crippen LogP) is 2.39. The summed E-state index contributed by atoms with van der Waals surface area (Å²) in [6.07, 6.45) is 3.19. The monoisotopic (exact) mass is 418 g/mol. The van der Waals surface area contributed by atoms with E-state index < -0.39 is 0 Å². The van der Waals surface area contributed by atoms with Crippen LogP contribution in [-0.2, 0) is 20.8 Å². The second kappa shape index (κ2) is 9.47. The van der Waals surface area contributed by atoms with Crippen LogP contribution in [0.1, 0.15) is 18.4 Å². The minimum atomic E-state index is -0.370. The molecule has 1 atom stereocenters. The Hall–Kier alpha value is -3.61. The van der Waals surface area contributed by atoms with Crippen LogP contribution in [0.15, 0.2) is 60.8 Å². The lowest BCUT2D eigenvalue weighted by Gasteiger charge is -2.16. The van der Waals surface area contributed by atoms with Crippen LogP contribution < -0.4 is 15.5 Å². The Kier molecular flexibility index (Phi) is 6.31. The van der Waals surface area contributed by atoms with Gasteiger partial charge in [-0.2, -0.15) is 0 Å². The van der Waals surface area contributed by atoms with E-state index in [-0.39, 0.29) is 30.1 Å². The van der Waals surface area contributed by atoms with Gasteiger partial charge in [0.2, 0.25) is 17.7 Å². The zero-order valence-electron chi connectivity index (χ0n) is 17.3. The highest BCUT2D eigenvalue weighted by Crippen LogP contribution is 2.24. The van der Waals surface area contributed by atoms with E-state index in [1.165, 1.54) is 0 Å². The van der Waals surface area contributed by atoms with E-state index in [9.17, 15) is 14.4 Å². The molecule has 3 aromatic rings. The molecule has 0 aliphatic carbocycles. The van der Waals surface area contributed by atoms with Gasteiger partial charge in [0.1, 0.15) is 0 Å². The van der Waals surface area contributed by atoms with E-state index in [0.29, 0.717) is 32.5 Å². The maximum absolute atomic E-state index is 12.4. The first kappa shape index (κ1) is 20.7. The summed E-state index contributed by atoms with van der Waals surface area (Å²) in [6, 6.07) is 17.4. The smallest absolute Gasteiger partial charge is 0.227 e. The molecular formula is C24H26N4O3. The van der Waals surface area contributed by atoms with E-state index >= 15 is 0 Å². The number of aromatic nitrogens is 1. The molecule has 7 nitrogen and oxygen atoms in total. The highest BCUT2D eigenvalue weighted by Gasteiger charge is 2.34. The summed E-state index contributed by atoms with van der Waals surface area (Å²) in [6.45, 7) is 1.08. The fraction of sp³-hybridized carbons (Fsp3) is 0.292. The lowest BCUT2D eigenvalue weighted by molar-refractivity contribution is -0.126. The lowest BCUT2D eigenvalue weighted by Crippen LogP contribution is -2.38. The number of benzene rings is 2. The summed E-state index contributed by atoms with van der Waals surface area (Å²) in [5.41, 5.74) is 3.00. The Morgan fingerprint density at radius 2 is 1.74 bits per heavy atom. The third-order valence-corrected chi connectivity index (χ3v) is 5.61. The molecule has 1 fully saturated rings. The number of amides is 3. The van der Waals surface area contributed by atoms with Crippen LogP contribution in [0.4, 0.5) is 5.69 Å². The number of H-pyrrole nitrogens is 1. The molecule has 3 amide bonds. The van der Waals surface area contributed by atoms with Gasteiger partial charge >= 0.3 is 0 Å². The topological polar surface area (TPSA) is 94.3 Å². The highest BCUT2D eigenvalue weighted by atomic mass is 16.2. The number of nitrogens with zero attached hydrogens (tertiary/aromatic N) is 1. The van der Waals surface area contributed by atoms with Crippen molar-refractivity contribution in [3.8, 4) is 0 Å². The quantitative estimate of drug-likeness (QED) is 0.490. The summed E-state index contributed by atoms with van der Waals surface area (Å²) >= 11 is 0. The van der Waals surface area contributed by atoms with Gasteiger partial charge in [0.25, 0.3) is 0 Å². The first-order valence-electron chi connectivity index (χ1n) is 10.6. The Bertz CT molecular complexity index is 1080. The van der Waals surface area contributed by atoms with Crippen LogP contribution in [0.25, 0.3) is 10.9 Å². The fourth-order valence-corrected chi connectivity index (χ4v) is 3.95. The summed E-state index contributed by atoms with van der Waals surface area (Å²) < 4.78 is 0. The first-order valence-corrected chi connectivity index (χ1v) is 10.6. The maximum atomic E-state index is 12.4. The summed E-state index contributed by atoms with van der Waals surface area (Å²) in [4.78, 5) is 41.7. The molecule has 2 heterocycles. The van der Waals surface area contributed by atoms with Crippen molar-refractivity contribution in [3.63, 3.8) is 0 Å². The molecule has 1 aromatic heterocycles. The number of hydrogen-bond donors (Lipinski definition) is 3. The Labute approximate surface area is 180 Å². The predicted molar refractivity (Wildman–Crippen MR) is 120 cm³/mol. The molecule has 1 saturated heterocycles. The van der Waals surface area contributed by atoms with Gasteiger partial charge in [-0.05, 0) is 30.2 Å². The van der Waals surface area contributed by atoms with Gasteiger partial charge in [0.05, 0.1) is 5.92 Å². The number of hydrogen-bond acceptors (Lipinski definition) is 3. The number of carbonyl (C=O) groups is 3. The van der Waals surface area contributed by atoms with Crippen molar-refractivity contribution in [1.82, 2.24) is 15.6 Å². The maximum Gasteiger partial charge on any atom is 0.227 e. The van der Waals surface area contributed by atoms with E-state index in [0.717, 1.165) is 22.2 Å². The molecule has 31 heavy (non-hydrogen) atoms. The molecule has 2 aromatic carbocycles. The third kappa shape index (κ3) is 4.94. The second-order valence-corrected chi connectivity index (χ2v) is 7.74. The number of aryl methyl sites for hydroxylation is 1. The van der Waals surface area contributed by atoms with Gasteiger partial charge in [-0.1, -0.05) is 36.4 Å². The van der Waals surface area contributed by atoms with Gasteiger partial charge in [0, 0.05) is 55.3 Å². The second-order valence-electron chi connectivity index (χ2n) is 7.74. The lowest BCUT2D eigenvalue weighted by atomic mass is 10.1. The molecule has 7 heteroatoms. The molecule has 4 rings (SSSR count). The molecule has 0 saturated carbocycles. The minimum Gasteiger partial charge on any atom is -0.361 e. The van der Waals surface area contributed by atoms with Crippen molar-refractivity contribution in [3.05, 3.63) is 66.4 Å². The van der Waals surface area contributed by atoms with Gasteiger partial charge in [-0.3, -0.25) is 14.4 Å². The van der Waals surface area contributed by atoms with Crippen LogP contribution in [0, 0.1) is 5.92 Å². The number of rotatable bonds is 8. The van der Waals surface area contributed by atoms with Gasteiger partial charge < -0.3 is 20.5 Å². The van der Waals surface area contributed by atoms with Crippen LogP contribution in [-0.4, -0.2) is 42.3 Å². The number of nitrogens with one attached hydrogen (secondary N) is 3. The number of aromatic amines is 1. The SMILES string of the molecule is O=C(CCc1c[nH]c2ccccc12)NCCNC(=O)C1CC(=O)N(c2ccccc2)C1. The Morgan fingerprint density at radius 3 is 2.58 bits per heavy atom. The van der Waals surface area contributed by atoms with E-state index in [4.69, 9.17) is 0 Å². The zero-order chi connectivity index (χ0) is 21.6. The van der Waals surface area contributed by atoms with E-state index in [1.54, 1.807) is 4.90 Å². The van der Waals surface area contributed by atoms with Crippen molar-refractivity contribution in [1.29, 1.82) is 0 Å². The zero-order valence-corrected chi connectivity index (χ0v) is 17.3. The molecular weight excluding hydrogens is 392 g/mol. The molecule has 1 unspecified atom stereocenters. The number of para-hydroxylation sites is 2. The minimum absolute atomic E-state index is 0.0445. The molecule has 1 aliphatic rings. The average Bonchev–Trinajstić information content (AvgIpc) is 3.39. The summed E-state index contributed by atoms with van der Waals surface area (Å²) in [7, 11) is 0.